The van der Waals surface area contributed by atoms with Crippen LogP contribution in [-0.4, -0.2) is 49.2 Å². The van der Waals surface area contributed by atoms with E-state index in [9.17, 15) is 22.8 Å². The number of amides is 3. The molecule has 0 spiro atoms. The minimum absolute atomic E-state index is 0.0160. The van der Waals surface area contributed by atoms with Crippen LogP contribution in [0.5, 0.6) is 0 Å². The van der Waals surface area contributed by atoms with Crippen LogP contribution in [0.25, 0.3) is 6.08 Å². The molecule has 0 saturated carbocycles. The summed E-state index contributed by atoms with van der Waals surface area (Å²) in [6.45, 7) is 0.0618. The van der Waals surface area contributed by atoms with Gasteiger partial charge in [0.15, 0.2) is 9.84 Å². The zero-order valence-electron chi connectivity index (χ0n) is 15.5. The third kappa shape index (κ3) is 5.72. The van der Waals surface area contributed by atoms with Crippen molar-refractivity contribution >= 4 is 67.7 Å². The second kappa shape index (κ2) is 9.78. The van der Waals surface area contributed by atoms with Crippen molar-refractivity contribution in [1.29, 1.82) is 0 Å². The lowest BCUT2D eigenvalue weighted by molar-refractivity contribution is -0.124. The fourth-order valence-electron chi connectivity index (χ4n) is 2.58. The first kappa shape index (κ1) is 22.5. The van der Waals surface area contributed by atoms with Crippen LogP contribution in [0.15, 0.2) is 51.6 Å². The Bertz CT molecular complexity index is 1080. The van der Waals surface area contributed by atoms with E-state index in [1.165, 1.54) is 35.6 Å². The van der Waals surface area contributed by atoms with Gasteiger partial charge >= 0.3 is 0 Å². The van der Waals surface area contributed by atoms with E-state index in [0.717, 1.165) is 21.5 Å². The fraction of sp³-hybridized carbons (Fsp3) is 0.211. The molecule has 0 atom stereocenters. The van der Waals surface area contributed by atoms with Gasteiger partial charge in [-0.1, -0.05) is 17.7 Å². The third-order valence-electron chi connectivity index (χ3n) is 4.12. The molecule has 1 N–H and O–H groups in total. The Morgan fingerprint density at radius 2 is 1.90 bits per heavy atom. The second-order valence-electron chi connectivity index (χ2n) is 6.22. The Balaban J connectivity index is 1.47. The van der Waals surface area contributed by atoms with Crippen LogP contribution < -0.4 is 5.32 Å². The van der Waals surface area contributed by atoms with Gasteiger partial charge in [-0.05, 0) is 53.5 Å². The maximum Gasteiger partial charge on any atom is 0.293 e. The number of nitrogens with zero attached hydrogens (tertiary/aromatic N) is 1. The molecule has 1 fully saturated rings. The van der Waals surface area contributed by atoms with E-state index < -0.39 is 26.9 Å². The standard InChI is InChI=1S/C19H17ClN2O5S3/c20-13-3-5-15(6-4-13)30(26,27)11-7-17(23)21-8-9-22-18(24)16(29-19(22)25)12-14-2-1-10-28-14/h1-6,10,12H,7-9,11H2,(H,21,23)/b16-12-. The molecule has 7 nitrogen and oxygen atoms in total. The molecule has 0 aliphatic carbocycles. The van der Waals surface area contributed by atoms with Gasteiger partial charge in [0.1, 0.15) is 0 Å². The number of hydrogen-bond acceptors (Lipinski definition) is 7. The average Bonchev–Trinajstić information content (AvgIpc) is 3.30. The zero-order chi connectivity index (χ0) is 21.7. The van der Waals surface area contributed by atoms with Gasteiger partial charge in [-0.25, -0.2) is 8.42 Å². The Labute approximate surface area is 187 Å². The summed E-state index contributed by atoms with van der Waals surface area (Å²) in [7, 11) is -3.61. The lowest BCUT2D eigenvalue weighted by Crippen LogP contribution is -2.37. The quantitative estimate of drug-likeness (QED) is 0.576. The summed E-state index contributed by atoms with van der Waals surface area (Å²) >= 11 is 8.06. The highest BCUT2D eigenvalue weighted by Crippen LogP contribution is 2.32. The molecule has 2 aromatic rings. The number of benzene rings is 1. The highest BCUT2D eigenvalue weighted by atomic mass is 35.5. The first-order valence-electron chi connectivity index (χ1n) is 8.80. The molecule has 1 aliphatic heterocycles. The molecule has 1 aromatic heterocycles. The highest BCUT2D eigenvalue weighted by Gasteiger charge is 2.34. The summed E-state index contributed by atoms with van der Waals surface area (Å²) in [6, 6.07) is 9.41. The summed E-state index contributed by atoms with van der Waals surface area (Å²) in [5.74, 6) is -1.24. The predicted octanol–water partition coefficient (Wildman–Crippen LogP) is 3.42. The largest absolute Gasteiger partial charge is 0.354 e. The van der Waals surface area contributed by atoms with E-state index >= 15 is 0 Å². The normalized spacial score (nSPS) is 15.8. The van der Waals surface area contributed by atoms with Gasteiger partial charge < -0.3 is 5.32 Å². The maximum atomic E-state index is 12.4. The van der Waals surface area contributed by atoms with Crippen molar-refractivity contribution in [2.24, 2.45) is 0 Å². The molecule has 1 aromatic carbocycles. The molecule has 0 unspecified atom stereocenters. The van der Waals surface area contributed by atoms with Crippen LogP contribution >= 0.6 is 34.7 Å². The van der Waals surface area contributed by atoms with Gasteiger partial charge in [0.25, 0.3) is 11.1 Å². The van der Waals surface area contributed by atoms with Gasteiger partial charge in [0.2, 0.25) is 5.91 Å². The highest BCUT2D eigenvalue weighted by molar-refractivity contribution is 8.18. The van der Waals surface area contributed by atoms with E-state index in [-0.39, 0.29) is 30.2 Å². The van der Waals surface area contributed by atoms with Crippen molar-refractivity contribution in [3.63, 3.8) is 0 Å². The number of thiophene rings is 1. The number of halogens is 1. The number of hydrogen-bond donors (Lipinski definition) is 1. The second-order valence-corrected chi connectivity index (χ2v) is 10.7. The Morgan fingerprint density at radius 1 is 1.17 bits per heavy atom. The summed E-state index contributed by atoms with van der Waals surface area (Å²) in [5.41, 5.74) is 0. The third-order valence-corrected chi connectivity index (χ3v) is 7.83. The zero-order valence-corrected chi connectivity index (χ0v) is 18.7. The van der Waals surface area contributed by atoms with Crippen LogP contribution in [-0.2, 0) is 19.4 Å². The molecule has 11 heteroatoms. The summed E-state index contributed by atoms with van der Waals surface area (Å²) in [6.07, 6.45) is 1.43. The minimum Gasteiger partial charge on any atom is -0.354 e. The molecular formula is C19H17ClN2O5S3. The molecular weight excluding hydrogens is 468 g/mol. The van der Waals surface area contributed by atoms with E-state index in [2.05, 4.69) is 5.32 Å². The monoisotopic (exact) mass is 484 g/mol. The Morgan fingerprint density at radius 3 is 2.57 bits per heavy atom. The van der Waals surface area contributed by atoms with E-state index in [1.807, 2.05) is 17.5 Å². The van der Waals surface area contributed by atoms with Crippen LogP contribution in [0.2, 0.25) is 5.02 Å². The molecule has 1 saturated heterocycles. The first-order valence-corrected chi connectivity index (χ1v) is 12.5. The van der Waals surface area contributed by atoms with Gasteiger partial charge in [-0.2, -0.15) is 0 Å². The maximum absolute atomic E-state index is 12.4. The smallest absolute Gasteiger partial charge is 0.293 e. The van der Waals surface area contributed by atoms with Crippen LogP contribution in [0.3, 0.4) is 0 Å². The van der Waals surface area contributed by atoms with Crippen molar-refractivity contribution in [3.8, 4) is 0 Å². The van der Waals surface area contributed by atoms with Crippen molar-refractivity contribution in [3.05, 3.63) is 56.6 Å². The molecule has 2 heterocycles. The number of thioether (sulfide) groups is 1. The molecule has 158 valence electrons. The van der Waals surface area contributed by atoms with E-state index in [0.29, 0.717) is 9.93 Å². The predicted molar refractivity (Wildman–Crippen MR) is 118 cm³/mol. The van der Waals surface area contributed by atoms with Crippen LogP contribution in [0.1, 0.15) is 11.3 Å². The lowest BCUT2D eigenvalue weighted by Gasteiger charge is -2.13. The fourth-order valence-corrected chi connectivity index (χ4v) is 5.53. The molecule has 3 amide bonds. The molecule has 1 aliphatic rings. The van der Waals surface area contributed by atoms with E-state index in [1.54, 1.807) is 6.08 Å². The number of nitrogens with one attached hydrogen (secondary N) is 1. The number of sulfone groups is 1. The van der Waals surface area contributed by atoms with Crippen LogP contribution in [0, 0.1) is 0 Å². The first-order chi connectivity index (χ1) is 14.3. The van der Waals surface area contributed by atoms with Gasteiger partial charge in [0, 0.05) is 29.4 Å². The Hall–Kier alpha value is -2.14. The van der Waals surface area contributed by atoms with Crippen molar-refractivity contribution in [2.45, 2.75) is 11.3 Å². The SMILES string of the molecule is O=C(CCS(=O)(=O)c1ccc(Cl)cc1)NCCN1C(=O)S/C(=C\c2cccs2)C1=O. The molecule has 3 rings (SSSR count). The van der Waals surface area contributed by atoms with E-state index in [4.69, 9.17) is 11.6 Å². The van der Waals surface area contributed by atoms with Gasteiger partial charge in [-0.15, -0.1) is 11.3 Å². The number of imide groups is 1. The molecule has 0 radical (unpaired) electrons. The van der Waals surface area contributed by atoms with Gasteiger partial charge in [0.05, 0.1) is 15.6 Å². The van der Waals surface area contributed by atoms with Crippen molar-refractivity contribution in [1.82, 2.24) is 10.2 Å². The number of rotatable bonds is 8. The minimum atomic E-state index is -3.61. The average molecular weight is 485 g/mol. The Kier molecular flexibility index (Phi) is 7.35. The number of carbonyl (C=O) groups excluding carboxylic acids is 3. The topological polar surface area (TPSA) is 101 Å². The van der Waals surface area contributed by atoms with Crippen molar-refractivity contribution < 1.29 is 22.8 Å². The lowest BCUT2D eigenvalue weighted by atomic mass is 10.3. The molecule has 0 bridgehead atoms. The summed E-state index contributed by atoms with van der Waals surface area (Å²) < 4.78 is 24.5. The molecule has 30 heavy (non-hydrogen) atoms. The summed E-state index contributed by atoms with van der Waals surface area (Å²) in [5, 5.41) is 4.44. The van der Waals surface area contributed by atoms with Crippen LogP contribution in [0.4, 0.5) is 4.79 Å². The van der Waals surface area contributed by atoms with Crippen molar-refractivity contribution in [2.75, 3.05) is 18.8 Å². The summed E-state index contributed by atoms with van der Waals surface area (Å²) in [4.78, 5) is 38.8. The van der Waals surface area contributed by atoms with Gasteiger partial charge in [-0.3, -0.25) is 19.3 Å². The number of carbonyl (C=O) groups is 3.